The molecular formula is C26H31Cl3N2O2. The van der Waals surface area contributed by atoms with Crippen LogP contribution in [-0.4, -0.2) is 28.6 Å². The fourth-order valence-electron chi connectivity index (χ4n) is 3.51. The van der Waals surface area contributed by atoms with Gasteiger partial charge < -0.3 is 14.0 Å². The highest BCUT2D eigenvalue weighted by atomic mass is 35.5. The van der Waals surface area contributed by atoms with Crippen LogP contribution in [-0.2, 0) is 12.0 Å². The Hall–Kier alpha value is -1.88. The molecule has 3 rings (SSSR count). The van der Waals surface area contributed by atoms with Gasteiger partial charge in [0.05, 0.1) is 29.6 Å². The first-order chi connectivity index (χ1) is 15.7. The van der Waals surface area contributed by atoms with Crippen LogP contribution in [0.3, 0.4) is 0 Å². The second-order valence-electron chi connectivity index (χ2n) is 9.16. The van der Waals surface area contributed by atoms with Crippen molar-refractivity contribution in [1.82, 2.24) is 9.55 Å². The van der Waals surface area contributed by atoms with Crippen molar-refractivity contribution in [2.75, 3.05) is 19.1 Å². The second-order valence-corrected chi connectivity index (χ2v) is 10.3. The smallest absolute Gasteiger partial charge is 0.156 e. The minimum absolute atomic E-state index is 0.213. The number of rotatable bonds is 11. The number of hydrogen-bond donors (Lipinski definition) is 0. The monoisotopic (exact) mass is 508 g/mol. The van der Waals surface area contributed by atoms with Gasteiger partial charge in [-0.25, -0.2) is 4.98 Å². The molecule has 0 saturated carbocycles. The van der Waals surface area contributed by atoms with E-state index in [0.29, 0.717) is 40.8 Å². The van der Waals surface area contributed by atoms with Crippen molar-refractivity contribution < 1.29 is 9.47 Å². The van der Waals surface area contributed by atoms with Crippen LogP contribution >= 0.6 is 34.8 Å². The zero-order chi connectivity index (χ0) is 24.0. The standard InChI is InChI=1S/C26H31Cl3N2O2/c1-18(13-27)15-33-25-23(28)11-21(12-24(25)29)26(3,4)20-5-7-22(8-6-20)32-16-19(2)14-31-10-9-30-17-31/h5-12,17-19H,13-16H2,1-4H3/t18-,19+/m1/s1. The number of alkyl halides is 1. The number of ether oxygens (including phenoxy) is 2. The van der Waals surface area contributed by atoms with E-state index in [0.717, 1.165) is 23.4 Å². The molecule has 0 N–H and O–H groups in total. The summed E-state index contributed by atoms with van der Waals surface area (Å²) >= 11 is 18.9. The van der Waals surface area contributed by atoms with E-state index in [1.165, 1.54) is 0 Å². The molecule has 0 radical (unpaired) electrons. The molecule has 2 atom stereocenters. The summed E-state index contributed by atoms with van der Waals surface area (Å²) in [6.45, 7) is 10.4. The van der Waals surface area contributed by atoms with E-state index < -0.39 is 0 Å². The van der Waals surface area contributed by atoms with Crippen LogP contribution < -0.4 is 9.47 Å². The third kappa shape index (κ3) is 6.81. The third-order valence-corrected chi connectivity index (χ3v) is 6.78. The quantitative estimate of drug-likeness (QED) is 0.251. The molecule has 0 amide bonds. The molecule has 0 unspecified atom stereocenters. The maximum Gasteiger partial charge on any atom is 0.156 e. The average molecular weight is 510 g/mol. The predicted octanol–water partition coefficient (Wildman–Crippen LogP) is 7.48. The summed E-state index contributed by atoms with van der Waals surface area (Å²) in [5.41, 5.74) is 1.85. The van der Waals surface area contributed by atoms with Gasteiger partial charge in [-0.1, -0.05) is 63.0 Å². The summed E-state index contributed by atoms with van der Waals surface area (Å²) in [4.78, 5) is 4.08. The van der Waals surface area contributed by atoms with Crippen LogP contribution in [0.15, 0.2) is 55.1 Å². The molecule has 0 saturated heterocycles. The lowest BCUT2D eigenvalue weighted by atomic mass is 9.78. The van der Waals surface area contributed by atoms with Crippen molar-refractivity contribution >= 4 is 34.8 Å². The van der Waals surface area contributed by atoms with Crippen molar-refractivity contribution in [1.29, 1.82) is 0 Å². The molecule has 1 aromatic heterocycles. The number of halogens is 3. The van der Waals surface area contributed by atoms with E-state index in [1.807, 2.05) is 43.7 Å². The zero-order valence-corrected chi connectivity index (χ0v) is 21.8. The highest BCUT2D eigenvalue weighted by Gasteiger charge is 2.26. The Morgan fingerprint density at radius 2 is 1.58 bits per heavy atom. The van der Waals surface area contributed by atoms with E-state index in [4.69, 9.17) is 44.3 Å². The summed E-state index contributed by atoms with van der Waals surface area (Å²) in [6, 6.07) is 12.0. The van der Waals surface area contributed by atoms with Crippen molar-refractivity contribution in [3.8, 4) is 11.5 Å². The SMILES string of the molecule is C[C@H](CCl)COc1c(Cl)cc(C(C)(C)c2ccc(OC[C@@H](C)Cn3ccnc3)cc2)cc1Cl. The summed E-state index contributed by atoms with van der Waals surface area (Å²) in [7, 11) is 0. The van der Waals surface area contributed by atoms with Crippen molar-refractivity contribution in [2.24, 2.45) is 11.8 Å². The predicted molar refractivity (Wildman–Crippen MR) is 137 cm³/mol. The molecule has 1 heterocycles. The van der Waals surface area contributed by atoms with Gasteiger partial charge in [-0.3, -0.25) is 0 Å². The normalized spacial score (nSPS) is 13.5. The molecule has 33 heavy (non-hydrogen) atoms. The maximum atomic E-state index is 6.53. The Morgan fingerprint density at radius 3 is 2.15 bits per heavy atom. The summed E-state index contributed by atoms with van der Waals surface area (Å²) < 4.78 is 13.9. The number of benzene rings is 2. The minimum atomic E-state index is -0.303. The molecule has 7 heteroatoms. The van der Waals surface area contributed by atoms with Crippen LogP contribution in [0.5, 0.6) is 11.5 Å². The maximum absolute atomic E-state index is 6.53. The molecule has 0 spiro atoms. The van der Waals surface area contributed by atoms with Crippen molar-refractivity contribution in [3.05, 3.63) is 76.3 Å². The Kier molecular flexibility index (Phi) is 8.97. The largest absolute Gasteiger partial charge is 0.493 e. The fraction of sp³-hybridized carbons (Fsp3) is 0.423. The number of imidazole rings is 1. The molecule has 0 aliphatic rings. The van der Waals surface area contributed by atoms with Gasteiger partial charge in [0.25, 0.3) is 0 Å². The molecule has 178 valence electrons. The number of hydrogen-bond acceptors (Lipinski definition) is 3. The second kappa shape index (κ2) is 11.5. The van der Waals surface area contributed by atoms with Gasteiger partial charge in [0.2, 0.25) is 0 Å². The van der Waals surface area contributed by atoms with Crippen LogP contribution in [0, 0.1) is 11.8 Å². The summed E-state index contributed by atoms with van der Waals surface area (Å²) in [6.07, 6.45) is 5.58. The van der Waals surface area contributed by atoms with Crippen molar-refractivity contribution in [2.45, 2.75) is 39.7 Å². The fourth-order valence-corrected chi connectivity index (χ4v) is 4.19. The lowest BCUT2D eigenvalue weighted by Crippen LogP contribution is -2.19. The first-order valence-electron chi connectivity index (χ1n) is 11.1. The van der Waals surface area contributed by atoms with Gasteiger partial charge in [-0.2, -0.15) is 0 Å². The van der Waals surface area contributed by atoms with E-state index >= 15 is 0 Å². The van der Waals surface area contributed by atoms with Gasteiger partial charge in [-0.05, 0) is 35.4 Å². The lowest BCUT2D eigenvalue weighted by Gasteiger charge is -2.27. The first-order valence-corrected chi connectivity index (χ1v) is 12.4. The van der Waals surface area contributed by atoms with Gasteiger partial charge in [-0.15, -0.1) is 11.6 Å². The average Bonchev–Trinajstić information content (AvgIpc) is 3.30. The topological polar surface area (TPSA) is 36.3 Å². The zero-order valence-electron chi connectivity index (χ0n) is 19.5. The lowest BCUT2D eigenvalue weighted by molar-refractivity contribution is 0.244. The molecule has 0 aliphatic carbocycles. The van der Waals surface area contributed by atoms with Crippen LogP contribution in [0.1, 0.15) is 38.8 Å². The third-order valence-electron chi connectivity index (χ3n) is 5.69. The minimum Gasteiger partial charge on any atom is -0.493 e. The molecular weight excluding hydrogens is 479 g/mol. The molecule has 4 nitrogen and oxygen atoms in total. The molecule has 0 aliphatic heterocycles. The van der Waals surface area contributed by atoms with E-state index in [-0.39, 0.29) is 11.3 Å². The Morgan fingerprint density at radius 1 is 0.939 bits per heavy atom. The Bertz CT molecular complexity index is 998. The molecule has 0 fully saturated rings. The summed E-state index contributed by atoms with van der Waals surface area (Å²) in [5.74, 6) is 2.45. The van der Waals surface area contributed by atoms with E-state index in [9.17, 15) is 0 Å². The summed E-state index contributed by atoms with van der Waals surface area (Å²) in [5, 5.41) is 0.998. The van der Waals surface area contributed by atoms with Crippen LogP contribution in [0.25, 0.3) is 0 Å². The number of nitrogens with zero attached hydrogens (tertiary/aromatic N) is 2. The van der Waals surface area contributed by atoms with Gasteiger partial charge >= 0.3 is 0 Å². The van der Waals surface area contributed by atoms with Crippen molar-refractivity contribution in [3.63, 3.8) is 0 Å². The van der Waals surface area contributed by atoms with Gasteiger partial charge in [0.15, 0.2) is 5.75 Å². The van der Waals surface area contributed by atoms with Crippen LogP contribution in [0.4, 0.5) is 0 Å². The van der Waals surface area contributed by atoms with E-state index in [1.54, 1.807) is 6.20 Å². The van der Waals surface area contributed by atoms with Gasteiger partial charge in [0, 0.05) is 42.1 Å². The number of aromatic nitrogens is 2. The molecule has 2 aromatic carbocycles. The van der Waals surface area contributed by atoms with Gasteiger partial charge in [0.1, 0.15) is 5.75 Å². The molecule has 3 aromatic rings. The highest BCUT2D eigenvalue weighted by Crippen LogP contribution is 2.40. The first kappa shape index (κ1) is 25.7. The molecule has 0 bridgehead atoms. The van der Waals surface area contributed by atoms with E-state index in [2.05, 4.69) is 42.5 Å². The van der Waals surface area contributed by atoms with Crippen LogP contribution in [0.2, 0.25) is 10.0 Å². The Labute approximate surface area is 211 Å². The Balaban J connectivity index is 1.67. The highest BCUT2D eigenvalue weighted by molar-refractivity contribution is 6.37.